The fourth-order valence-electron chi connectivity index (χ4n) is 10.7. The number of nitrogens with one attached hydrogen (secondary N) is 4. The van der Waals surface area contributed by atoms with E-state index in [9.17, 15) is 53.4 Å². The molecule has 0 aromatic carbocycles. The predicted molar refractivity (Wildman–Crippen MR) is 330 cm³/mol. The molecule has 0 spiro atoms. The highest BCUT2D eigenvalue weighted by Gasteiger charge is 2.46. The fraction of sp³-hybridized carbons (Fsp3) is 0.790. The molecule has 13 atom stereocenters. The van der Waals surface area contributed by atoms with Crippen LogP contribution < -0.4 is 21.3 Å². The Hall–Kier alpha value is -6.17. The van der Waals surface area contributed by atoms with Crippen molar-refractivity contribution in [1.82, 2.24) is 55.6 Å². The smallest absolute Gasteiger partial charge is 0.246 e. The Morgan fingerprint density at radius 2 is 0.930 bits per heavy atom. The molecule has 5 unspecified atom stereocenters. The number of allylic oxidation sites excluding steroid dienone is 2. The minimum Gasteiger partial charge on any atom is -0.396 e. The summed E-state index contributed by atoms with van der Waals surface area (Å²) in [5, 5.41) is 33.2. The average Bonchev–Trinajstić information content (AvgIpc) is 1.20. The van der Waals surface area contributed by atoms with Gasteiger partial charge in [0, 0.05) is 55.9 Å². The first-order valence-electron chi connectivity index (χ1n) is 30.7. The third kappa shape index (κ3) is 21.6. The van der Waals surface area contributed by atoms with Crippen LogP contribution in [-0.4, -0.2) is 238 Å². The Morgan fingerprint density at radius 1 is 0.488 bits per heavy atom. The first-order valence-corrected chi connectivity index (χ1v) is 30.7. The van der Waals surface area contributed by atoms with E-state index in [0.717, 1.165) is 14.7 Å². The molecule has 0 aromatic rings. The molecule has 0 saturated carbocycles. The maximum atomic E-state index is 15.1. The van der Waals surface area contributed by atoms with Crippen LogP contribution in [0.2, 0.25) is 0 Å². The summed E-state index contributed by atoms with van der Waals surface area (Å²) in [6, 6.07) is -12.8. The molecule has 6 N–H and O–H groups in total. The van der Waals surface area contributed by atoms with Gasteiger partial charge in [-0.15, -0.1) is 0 Å². The SMILES string of the molecule is C/C=C\C[C@H](C)[C@H](O)[C@H]1C(=O)N[C@H](CC)C(=O)N(C)CC(=O)N(C)[C@H](CC(C)C)C(=O)N[C@H](C(C)C)C(=O)N(C)[C@H](CC(C)C)C(=O)NC(C)C(=O)NC(C)C(=O)N(C)C(CC(C)CO)C(=O)N(C)C(CC(C)C)C(=O)N(C)[C@H](C(C)C)C(=O)N1C. The summed E-state index contributed by atoms with van der Waals surface area (Å²) in [5.41, 5.74) is 0. The zero-order valence-electron chi connectivity index (χ0n) is 56.2. The topological polar surface area (TPSA) is 299 Å². The Kier molecular flexibility index (Phi) is 32.2. The van der Waals surface area contributed by atoms with Gasteiger partial charge in [0.2, 0.25) is 65.0 Å². The minimum atomic E-state index is -1.63. The van der Waals surface area contributed by atoms with Gasteiger partial charge in [0.05, 0.1) is 12.6 Å². The van der Waals surface area contributed by atoms with Crippen molar-refractivity contribution in [3.05, 3.63) is 12.2 Å². The molecule has 0 aromatic heterocycles. The monoisotopic (exact) mass is 1220 g/mol. The fourth-order valence-corrected chi connectivity index (χ4v) is 10.7. The lowest BCUT2D eigenvalue weighted by atomic mass is 9.91. The number of carbonyl (C=O) groups excluding carboxylic acids is 11. The first kappa shape index (κ1) is 77.8. The van der Waals surface area contributed by atoms with E-state index in [2.05, 4.69) is 21.3 Å². The second kappa shape index (κ2) is 35.6. The zero-order valence-corrected chi connectivity index (χ0v) is 56.2. The van der Waals surface area contributed by atoms with Crippen LogP contribution in [0.15, 0.2) is 12.2 Å². The molecule has 1 heterocycles. The van der Waals surface area contributed by atoms with Crippen molar-refractivity contribution in [2.75, 3.05) is 62.5 Å². The average molecular weight is 1220 g/mol. The van der Waals surface area contributed by atoms with Gasteiger partial charge in [-0.2, -0.15) is 0 Å². The van der Waals surface area contributed by atoms with Crippen LogP contribution in [0.1, 0.15) is 149 Å². The van der Waals surface area contributed by atoms with Crippen molar-refractivity contribution in [2.45, 2.75) is 216 Å². The van der Waals surface area contributed by atoms with Crippen LogP contribution in [0.4, 0.5) is 0 Å². The van der Waals surface area contributed by atoms with Crippen LogP contribution in [0, 0.1) is 41.4 Å². The number of rotatable bonds is 16. The first-order chi connectivity index (χ1) is 39.7. The number of amides is 11. The Bertz CT molecular complexity index is 2350. The van der Waals surface area contributed by atoms with E-state index in [1.807, 2.05) is 41.5 Å². The van der Waals surface area contributed by atoms with E-state index in [4.69, 9.17) is 0 Å². The second-order valence-electron chi connectivity index (χ2n) is 26.0. The van der Waals surface area contributed by atoms with Crippen LogP contribution in [0.3, 0.4) is 0 Å². The van der Waals surface area contributed by atoms with Crippen LogP contribution in [0.25, 0.3) is 0 Å². The van der Waals surface area contributed by atoms with Crippen LogP contribution in [0.5, 0.6) is 0 Å². The maximum Gasteiger partial charge on any atom is 0.246 e. The summed E-state index contributed by atoms with van der Waals surface area (Å²) in [6.07, 6.45) is 2.68. The Balaban J connectivity index is 4.35. The molecule has 0 radical (unpaired) electrons. The Morgan fingerprint density at radius 3 is 1.41 bits per heavy atom. The molecule has 1 rings (SSSR count). The summed E-state index contributed by atoms with van der Waals surface area (Å²) in [6.45, 7) is 26.6. The molecule has 1 fully saturated rings. The van der Waals surface area contributed by atoms with Gasteiger partial charge in [-0.25, -0.2) is 0 Å². The summed E-state index contributed by atoms with van der Waals surface area (Å²) < 4.78 is 0. The van der Waals surface area contributed by atoms with Gasteiger partial charge in [0.1, 0.15) is 60.4 Å². The van der Waals surface area contributed by atoms with E-state index in [1.165, 1.54) is 82.8 Å². The minimum absolute atomic E-state index is 0.0107. The maximum absolute atomic E-state index is 15.1. The van der Waals surface area contributed by atoms with Gasteiger partial charge in [-0.1, -0.05) is 102 Å². The van der Waals surface area contributed by atoms with E-state index in [0.29, 0.717) is 6.42 Å². The summed E-state index contributed by atoms with van der Waals surface area (Å²) in [5.74, 6) is -10.6. The number of aliphatic hydroxyl groups is 2. The highest BCUT2D eigenvalue weighted by atomic mass is 16.3. The lowest BCUT2D eigenvalue weighted by molar-refractivity contribution is -0.157. The van der Waals surface area contributed by atoms with Crippen molar-refractivity contribution in [3.63, 3.8) is 0 Å². The molecule has 492 valence electrons. The third-order valence-corrected chi connectivity index (χ3v) is 16.3. The van der Waals surface area contributed by atoms with E-state index in [-0.39, 0.29) is 56.5 Å². The van der Waals surface area contributed by atoms with Crippen molar-refractivity contribution >= 4 is 65.0 Å². The molecular weight excluding hydrogens is 1110 g/mol. The van der Waals surface area contributed by atoms with Crippen molar-refractivity contribution in [1.29, 1.82) is 0 Å². The lowest BCUT2D eigenvalue weighted by Crippen LogP contribution is -2.63. The largest absolute Gasteiger partial charge is 0.396 e. The number of aliphatic hydroxyl groups excluding tert-OH is 2. The molecule has 1 aliphatic rings. The Labute approximate surface area is 513 Å². The molecule has 1 saturated heterocycles. The van der Waals surface area contributed by atoms with E-state index < -0.39 is 162 Å². The number of likely N-dealkylation sites (N-methyl/N-ethyl adjacent to an activating group) is 7. The van der Waals surface area contributed by atoms with E-state index in [1.54, 1.807) is 67.5 Å². The van der Waals surface area contributed by atoms with Crippen molar-refractivity contribution < 1.29 is 63.0 Å². The lowest BCUT2D eigenvalue weighted by Gasteiger charge is -2.41. The van der Waals surface area contributed by atoms with Gasteiger partial charge >= 0.3 is 0 Å². The number of nitrogens with zero attached hydrogens (tertiary/aromatic N) is 7. The molecule has 0 bridgehead atoms. The molecule has 1 aliphatic heterocycles. The normalized spacial score (nSPS) is 27.0. The highest BCUT2D eigenvalue weighted by Crippen LogP contribution is 2.26. The standard InChI is InChI=1S/C62H111N11O13/c1-24-26-27-40(14)52(76)51-56(80)65-43(25-2)58(82)67(17)32-48(75)68(18)44(28-34(3)4)55(79)66-49(37(9)10)61(85)69(19)45(29-35(5)6)54(78)63-41(15)53(77)64-42(16)57(81)70(20)47(31-39(13)33-74)59(83)71(21)46(30-36(7)8)60(84)72(22)50(38(11)12)62(86)73(51)23/h24,26,34-47,49-52,74,76H,25,27-33H2,1-23H3,(H,63,78)(H,64,77)(H,65,80)(H,66,79)/b26-24-/t39?,40-,41?,42?,43+,44+,45+,46?,47?,49+,50+,51-,52-/m0/s1. The molecule has 24 heteroatoms. The molecule has 86 heavy (non-hydrogen) atoms. The molecule has 0 aliphatic carbocycles. The zero-order chi connectivity index (χ0) is 66.7. The second-order valence-corrected chi connectivity index (χ2v) is 26.0. The quantitative estimate of drug-likeness (QED) is 0.121. The summed E-state index contributed by atoms with van der Waals surface area (Å²) in [4.78, 5) is 168. The number of carbonyl (C=O) groups is 11. The molecular formula is C62H111N11O13. The van der Waals surface area contributed by atoms with E-state index >= 15 is 9.59 Å². The highest BCUT2D eigenvalue weighted by molar-refractivity contribution is 5.99. The molecule has 24 nitrogen and oxygen atoms in total. The molecule has 11 amide bonds. The van der Waals surface area contributed by atoms with Gasteiger partial charge in [0.15, 0.2) is 0 Å². The van der Waals surface area contributed by atoms with Crippen LogP contribution in [-0.2, 0) is 52.7 Å². The van der Waals surface area contributed by atoms with Crippen molar-refractivity contribution in [2.24, 2.45) is 41.4 Å². The number of hydrogen-bond donors (Lipinski definition) is 6. The van der Waals surface area contributed by atoms with Gasteiger partial charge in [0.25, 0.3) is 0 Å². The summed E-state index contributed by atoms with van der Waals surface area (Å²) in [7, 11) is 9.72. The van der Waals surface area contributed by atoms with Gasteiger partial charge in [-0.05, 0) is 101 Å². The third-order valence-electron chi connectivity index (χ3n) is 16.3. The van der Waals surface area contributed by atoms with Crippen LogP contribution >= 0.6 is 0 Å². The van der Waals surface area contributed by atoms with Crippen molar-refractivity contribution in [3.8, 4) is 0 Å². The number of hydrogen-bond acceptors (Lipinski definition) is 13. The van der Waals surface area contributed by atoms with Gasteiger partial charge < -0.3 is 65.8 Å². The summed E-state index contributed by atoms with van der Waals surface area (Å²) >= 11 is 0. The predicted octanol–water partition coefficient (Wildman–Crippen LogP) is 2.24. The van der Waals surface area contributed by atoms with Gasteiger partial charge in [-0.3, -0.25) is 52.7 Å².